The van der Waals surface area contributed by atoms with Crippen molar-refractivity contribution >= 4 is 31.6 Å². The molecule has 0 aliphatic rings. The van der Waals surface area contributed by atoms with Crippen molar-refractivity contribution in [1.82, 2.24) is 0 Å². The average Bonchev–Trinajstić information content (AvgIpc) is 2.80. The Morgan fingerprint density at radius 3 is 1.15 bits per heavy atom. The van der Waals surface area contributed by atoms with Gasteiger partial charge in [-0.25, -0.2) is 0 Å². The van der Waals surface area contributed by atoms with Crippen LogP contribution in [-0.2, 0) is 26.7 Å². The summed E-state index contributed by atoms with van der Waals surface area (Å²) in [5.41, 5.74) is 9.40. The summed E-state index contributed by atoms with van der Waals surface area (Å²) >= 11 is 0. The predicted octanol–water partition coefficient (Wildman–Crippen LogP) is 5.50. The van der Waals surface area contributed by atoms with E-state index < -0.39 is 20.2 Å². The number of aryl methyl sites for hydroxylation is 4. The van der Waals surface area contributed by atoms with Crippen molar-refractivity contribution in [1.29, 1.82) is 0 Å². The molecule has 0 saturated carbocycles. The molecule has 0 aliphatic carbocycles. The maximum absolute atomic E-state index is 11.2. The highest BCUT2D eigenvalue weighted by atomic mass is 32.2. The fraction of sp³-hybridized carbons (Fsp3) is 0.586. The van der Waals surface area contributed by atoms with Gasteiger partial charge in [-0.2, -0.15) is 16.8 Å². The minimum atomic E-state index is -3.97. The van der Waals surface area contributed by atoms with Crippen LogP contribution in [0.2, 0.25) is 0 Å². The van der Waals surface area contributed by atoms with Crippen LogP contribution in [0.25, 0.3) is 0 Å². The number of hydrogen-bond donors (Lipinski definition) is 2. The van der Waals surface area contributed by atoms with Crippen molar-refractivity contribution in [3.8, 4) is 0 Å². The van der Waals surface area contributed by atoms with Crippen LogP contribution < -0.4 is 9.80 Å². The van der Waals surface area contributed by atoms with Gasteiger partial charge in [-0.05, 0) is 117 Å². The van der Waals surface area contributed by atoms with Crippen molar-refractivity contribution in [2.24, 2.45) is 0 Å². The van der Waals surface area contributed by atoms with E-state index in [1.807, 2.05) is 0 Å². The van der Waals surface area contributed by atoms with Crippen LogP contribution in [0, 0.1) is 27.7 Å². The summed E-state index contributed by atoms with van der Waals surface area (Å²) in [6, 6.07) is 8.68. The van der Waals surface area contributed by atoms with E-state index in [4.69, 9.17) is 9.11 Å². The monoisotopic (exact) mass is 582 g/mol. The number of rotatable bonds is 16. The van der Waals surface area contributed by atoms with Crippen molar-refractivity contribution in [2.75, 3.05) is 47.5 Å². The molecular weight excluding hydrogens is 536 g/mol. The highest BCUT2D eigenvalue weighted by Crippen LogP contribution is 2.30. The van der Waals surface area contributed by atoms with E-state index in [2.05, 4.69) is 75.6 Å². The molecule has 0 heterocycles. The van der Waals surface area contributed by atoms with E-state index in [1.54, 1.807) is 0 Å². The van der Waals surface area contributed by atoms with Crippen LogP contribution in [0.1, 0.15) is 72.9 Å². The lowest BCUT2D eigenvalue weighted by Crippen LogP contribution is -2.27. The van der Waals surface area contributed by atoms with Gasteiger partial charge in [0.05, 0.1) is 11.5 Å². The summed E-state index contributed by atoms with van der Waals surface area (Å²) < 4.78 is 62.9. The second-order valence-corrected chi connectivity index (χ2v) is 13.7. The van der Waals surface area contributed by atoms with Crippen molar-refractivity contribution in [2.45, 2.75) is 73.6 Å². The fourth-order valence-electron chi connectivity index (χ4n) is 5.20. The largest absolute Gasteiger partial charge is 0.371 e. The third-order valence-corrected chi connectivity index (χ3v) is 8.70. The number of hydrogen-bond acceptors (Lipinski definition) is 6. The molecule has 0 unspecified atom stereocenters. The molecule has 220 valence electrons. The van der Waals surface area contributed by atoms with Crippen LogP contribution in [0.15, 0.2) is 24.3 Å². The lowest BCUT2D eigenvalue weighted by Gasteiger charge is -2.27. The fourth-order valence-corrected chi connectivity index (χ4v) is 6.18. The molecule has 0 aliphatic heterocycles. The van der Waals surface area contributed by atoms with Gasteiger partial charge in [0.25, 0.3) is 20.2 Å². The Balaban J connectivity index is 2.28. The summed E-state index contributed by atoms with van der Waals surface area (Å²) in [7, 11) is -7.94. The summed E-state index contributed by atoms with van der Waals surface area (Å²) in [6.07, 6.45) is 3.40. The SMILES string of the molecule is CCCN(CCCS(=O)(=O)O)c1cc(C)c(Cc2c(C)cc(N(CCC)CCCS(=O)(=O)O)cc2C)c(C)c1. The first-order valence-electron chi connectivity index (χ1n) is 13.8. The lowest BCUT2D eigenvalue weighted by atomic mass is 9.90. The normalized spacial score (nSPS) is 12.1. The van der Waals surface area contributed by atoms with E-state index in [1.165, 1.54) is 33.4 Å². The van der Waals surface area contributed by atoms with E-state index in [-0.39, 0.29) is 11.5 Å². The third-order valence-electron chi connectivity index (χ3n) is 7.09. The average molecular weight is 583 g/mol. The van der Waals surface area contributed by atoms with Gasteiger partial charge in [-0.3, -0.25) is 9.11 Å². The van der Waals surface area contributed by atoms with Crippen molar-refractivity contribution < 1.29 is 25.9 Å². The third kappa shape index (κ3) is 10.7. The Morgan fingerprint density at radius 2 is 0.897 bits per heavy atom. The number of nitrogens with zero attached hydrogens (tertiary/aromatic N) is 2. The standard InChI is InChI=1S/C29H46N2O6S2/c1-7-11-30(13-9-15-38(32,33)34)26-17-22(3)28(23(4)18-26)21-29-24(5)19-27(20-25(29)6)31(12-8-2)14-10-16-39(35,36)37/h17-20H,7-16,21H2,1-6H3,(H,32,33,34)(H,35,36,37). The quantitative estimate of drug-likeness (QED) is 0.249. The molecule has 0 radical (unpaired) electrons. The maximum Gasteiger partial charge on any atom is 0.264 e. The second kappa shape index (κ2) is 14.5. The first-order valence-corrected chi connectivity index (χ1v) is 17.0. The van der Waals surface area contributed by atoms with Crippen LogP contribution in [0.5, 0.6) is 0 Å². The number of benzene rings is 2. The minimum Gasteiger partial charge on any atom is -0.371 e. The van der Waals surface area contributed by atoms with E-state index in [0.29, 0.717) is 25.9 Å². The molecule has 0 saturated heterocycles. The van der Waals surface area contributed by atoms with E-state index in [9.17, 15) is 16.8 Å². The molecule has 10 heteroatoms. The zero-order valence-corrected chi connectivity index (χ0v) is 26.0. The zero-order valence-electron chi connectivity index (χ0n) is 24.3. The predicted molar refractivity (Wildman–Crippen MR) is 162 cm³/mol. The summed E-state index contributed by atoms with van der Waals surface area (Å²) in [6.45, 7) is 15.4. The first-order chi connectivity index (χ1) is 18.1. The molecule has 0 fully saturated rings. The Morgan fingerprint density at radius 1 is 0.590 bits per heavy atom. The summed E-state index contributed by atoms with van der Waals surface area (Å²) in [4.78, 5) is 4.37. The van der Waals surface area contributed by atoms with Gasteiger partial charge in [-0.15, -0.1) is 0 Å². The lowest BCUT2D eigenvalue weighted by molar-refractivity contribution is 0.478. The van der Waals surface area contributed by atoms with Crippen LogP contribution in [0.4, 0.5) is 11.4 Å². The van der Waals surface area contributed by atoms with Gasteiger partial charge in [0.2, 0.25) is 0 Å². The minimum absolute atomic E-state index is 0.242. The maximum atomic E-state index is 11.2. The summed E-state index contributed by atoms with van der Waals surface area (Å²) in [5.74, 6) is -0.484. The first kappa shape index (κ1) is 33.1. The number of anilines is 2. The van der Waals surface area contributed by atoms with E-state index in [0.717, 1.165) is 43.7 Å². The van der Waals surface area contributed by atoms with E-state index >= 15 is 0 Å². The van der Waals surface area contributed by atoms with Gasteiger partial charge < -0.3 is 9.80 Å². The van der Waals surface area contributed by atoms with Crippen molar-refractivity contribution in [3.05, 3.63) is 57.6 Å². The van der Waals surface area contributed by atoms with Crippen molar-refractivity contribution in [3.63, 3.8) is 0 Å². The molecule has 0 atom stereocenters. The molecular formula is C29H46N2O6S2. The Bertz CT molecular complexity index is 1180. The molecule has 8 nitrogen and oxygen atoms in total. The van der Waals surface area contributed by atoms with Crippen LogP contribution in [-0.4, -0.2) is 63.6 Å². The van der Waals surface area contributed by atoms with Gasteiger partial charge in [0.15, 0.2) is 0 Å². The highest BCUT2D eigenvalue weighted by Gasteiger charge is 2.16. The van der Waals surface area contributed by atoms with Crippen LogP contribution in [0.3, 0.4) is 0 Å². The van der Waals surface area contributed by atoms with Crippen LogP contribution >= 0.6 is 0 Å². The van der Waals surface area contributed by atoms with Gasteiger partial charge in [0.1, 0.15) is 0 Å². The molecule has 2 aromatic rings. The van der Waals surface area contributed by atoms with Gasteiger partial charge >= 0.3 is 0 Å². The second-order valence-electron chi connectivity index (χ2n) is 10.5. The van der Waals surface area contributed by atoms with Gasteiger partial charge in [0, 0.05) is 37.6 Å². The highest BCUT2D eigenvalue weighted by molar-refractivity contribution is 7.86. The molecule has 2 rings (SSSR count). The molecule has 0 bridgehead atoms. The Hall–Kier alpha value is -2.14. The topological polar surface area (TPSA) is 115 Å². The van der Waals surface area contributed by atoms with Gasteiger partial charge in [-0.1, -0.05) is 13.8 Å². The Kier molecular flexibility index (Phi) is 12.3. The molecule has 0 spiro atoms. The Labute approximate surface area is 235 Å². The molecule has 2 aromatic carbocycles. The molecule has 39 heavy (non-hydrogen) atoms. The zero-order chi connectivity index (χ0) is 29.4. The summed E-state index contributed by atoms with van der Waals surface area (Å²) in [5, 5.41) is 0. The molecule has 2 N–H and O–H groups in total. The molecule has 0 amide bonds. The smallest absolute Gasteiger partial charge is 0.264 e. The molecule has 0 aromatic heterocycles.